The maximum Gasteiger partial charge on any atom is 0.289 e. The van der Waals surface area contributed by atoms with E-state index in [1.165, 1.54) is 22.0 Å². The Morgan fingerprint density at radius 2 is 1.69 bits per heavy atom. The van der Waals surface area contributed by atoms with Crippen molar-refractivity contribution in [2.75, 3.05) is 7.11 Å². The summed E-state index contributed by atoms with van der Waals surface area (Å²) in [4.78, 5) is 13.8. The standard InChI is InChI=1S/C23H23N3O2S/c1-15-20(14-24)22(27)26(17-8-10-18(28-5)11-9-17)25-21(15)29-19-12-6-16(7-13-19)23(2,3)4/h6-13H,1-5H3. The Morgan fingerprint density at radius 1 is 1.07 bits per heavy atom. The molecule has 1 aromatic heterocycles. The normalized spacial score (nSPS) is 11.2. The zero-order valence-corrected chi connectivity index (χ0v) is 18.0. The molecule has 3 rings (SSSR count). The Kier molecular flexibility index (Phi) is 5.81. The summed E-state index contributed by atoms with van der Waals surface area (Å²) in [7, 11) is 1.58. The van der Waals surface area contributed by atoms with Gasteiger partial charge in [0.25, 0.3) is 5.56 Å². The second-order valence-corrected chi connectivity index (χ2v) is 8.77. The fourth-order valence-electron chi connectivity index (χ4n) is 2.85. The predicted molar refractivity (Wildman–Crippen MR) is 115 cm³/mol. The first kappa shape index (κ1) is 20.7. The number of aromatic nitrogens is 2. The summed E-state index contributed by atoms with van der Waals surface area (Å²) in [5.41, 5.74) is 2.16. The summed E-state index contributed by atoms with van der Waals surface area (Å²) >= 11 is 1.44. The summed E-state index contributed by atoms with van der Waals surface area (Å²) in [5.74, 6) is 0.683. The van der Waals surface area contributed by atoms with Crippen LogP contribution in [-0.4, -0.2) is 16.9 Å². The predicted octanol–water partition coefficient (Wildman–Crippen LogP) is 4.87. The number of benzene rings is 2. The van der Waals surface area contributed by atoms with Gasteiger partial charge in [0.1, 0.15) is 22.4 Å². The van der Waals surface area contributed by atoms with Gasteiger partial charge < -0.3 is 4.74 Å². The molecule has 6 heteroatoms. The zero-order valence-electron chi connectivity index (χ0n) is 17.2. The molecule has 148 valence electrons. The number of nitriles is 1. The van der Waals surface area contributed by atoms with E-state index in [0.29, 0.717) is 22.0 Å². The van der Waals surface area contributed by atoms with Crippen molar-refractivity contribution in [3.8, 4) is 17.5 Å². The first-order valence-corrected chi connectivity index (χ1v) is 10.0. The van der Waals surface area contributed by atoms with Crippen LogP contribution in [0.5, 0.6) is 5.75 Å². The molecule has 3 aromatic rings. The van der Waals surface area contributed by atoms with E-state index in [-0.39, 0.29) is 11.0 Å². The minimum Gasteiger partial charge on any atom is -0.497 e. The van der Waals surface area contributed by atoms with E-state index in [0.717, 1.165) is 4.90 Å². The highest BCUT2D eigenvalue weighted by Crippen LogP contribution is 2.31. The first-order valence-electron chi connectivity index (χ1n) is 9.21. The van der Waals surface area contributed by atoms with E-state index < -0.39 is 5.56 Å². The van der Waals surface area contributed by atoms with Crippen LogP contribution in [-0.2, 0) is 5.41 Å². The van der Waals surface area contributed by atoms with Crippen LogP contribution in [0.4, 0.5) is 0 Å². The second kappa shape index (κ2) is 8.14. The lowest BCUT2D eigenvalue weighted by atomic mass is 9.87. The quantitative estimate of drug-likeness (QED) is 0.619. The van der Waals surface area contributed by atoms with Gasteiger partial charge in [0.05, 0.1) is 12.8 Å². The average Bonchev–Trinajstić information content (AvgIpc) is 2.70. The number of nitrogens with zero attached hydrogens (tertiary/aromatic N) is 3. The van der Waals surface area contributed by atoms with Crippen molar-refractivity contribution in [2.24, 2.45) is 0 Å². The highest BCUT2D eigenvalue weighted by molar-refractivity contribution is 7.99. The molecule has 0 aliphatic carbocycles. The van der Waals surface area contributed by atoms with Crippen molar-refractivity contribution in [2.45, 2.75) is 43.0 Å². The number of methoxy groups -OCH3 is 1. The smallest absolute Gasteiger partial charge is 0.289 e. The maximum atomic E-state index is 12.8. The summed E-state index contributed by atoms with van der Waals surface area (Å²) in [5, 5.41) is 14.7. The van der Waals surface area contributed by atoms with Gasteiger partial charge in [0.2, 0.25) is 0 Å². The molecule has 0 N–H and O–H groups in total. The topological polar surface area (TPSA) is 67.9 Å². The molecule has 2 aromatic carbocycles. The molecule has 0 aliphatic rings. The lowest BCUT2D eigenvalue weighted by molar-refractivity contribution is 0.414. The minimum absolute atomic E-state index is 0.0763. The van der Waals surface area contributed by atoms with Gasteiger partial charge in [-0.1, -0.05) is 44.7 Å². The van der Waals surface area contributed by atoms with Gasteiger partial charge in [-0.25, -0.2) is 0 Å². The Hall–Kier alpha value is -3.04. The number of hydrogen-bond acceptors (Lipinski definition) is 5. The summed E-state index contributed by atoms with van der Waals surface area (Å²) in [6.45, 7) is 8.28. The van der Waals surface area contributed by atoms with Gasteiger partial charge in [-0.15, -0.1) is 0 Å². The molecule has 0 aliphatic heterocycles. The third kappa shape index (κ3) is 4.36. The van der Waals surface area contributed by atoms with Crippen molar-refractivity contribution in [1.29, 1.82) is 5.26 Å². The first-order chi connectivity index (χ1) is 13.7. The van der Waals surface area contributed by atoms with E-state index in [4.69, 9.17) is 4.74 Å². The van der Waals surface area contributed by atoms with Crippen LogP contribution in [0.2, 0.25) is 0 Å². The highest BCUT2D eigenvalue weighted by Gasteiger charge is 2.17. The van der Waals surface area contributed by atoms with Crippen molar-refractivity contribution >= 4 is 11.8 Å². The molecule has 0 radical (unpaired) electrons. The molecule has 0 amide bonds. The van der Waals surface area contributed by atoms with Gasteiger partial charge in [-0.2, -0.15) is 15.0 Å². The van der Waals surface area contributed by atoms with Crippen LogP contribution >= 0.6 is 11.8 Å². The molecule has 0 bridgehead atoms. The molecule has 1 heterocycles. The van der Waals surface area contributed by atoms with Gasteiger partial charge in [-0.3, -0.25) is 4.79 Å². The Balaban J connectivity index is 2.05. The van der Waals surface area contributed by atoms with Crippen LogP contribution in [0.3, 0.4) is 0 Å². The van der Waals surface area contributed by atoms with E-state index >= 15 is 0 Å². The lowest BCUT2D eigenvalue weighted by Gasteiger charge is -2.19. The average molecular weight is 406 g/mol. The van der Waals surface area contributed by atoms with Gasteiger partial charge in [0.15, 0.2) is 0 Å². The van der Waals surface area contributed by atoms with Crippen molar-refractivity contribution in [1.82, 2.24) is 9.78 Å². The summed E-state index contributed by atoms with van der Waals surface area (Å²) < 4.78 is 6.45. The molecule has 0 spiro atoms. The summed E-state index contributed by atoms with van der Waals surface area (Å²) in [6, 6.07) is 17.3. The van der Waals surface area contributed by atoms with E-state index in [1.807, 2.05) is 18.2 Å². The van der Waals surface area contributed by atoms with Crippen LogP contribution in [0.15, 0.2) is 63.2 Å². The van der Waals surface area contributed by atoms with Crippen molar-refractivity contribution in [3.63, 3.8) is 0 Å². The fourth-order valence-corrected chi connectivity index (χ4v) is 3.72. The van der Waals surface area contributed by atoms with E-state index in [2.05, 4.69) is 38.0 Å². The monoisotopic (exact) mass is 405 g/mol. The maximum absolute atomic E-state index is 12.8. The Labute approximate surface area is 175 Å². The van der Waals surface area contributed by atoms with Gasteiger partial charge in [0, 0.05) is 10.5 Å². The SMILES string of the molecule is COc1ccc(-n2nc(Sc3ccc(C(C)(C)C)cc3)c(C)c(C#N)c2=O)cc1. The molecule has 5 nitrogen and oxygen atoms in total. The molecule has 0 fully saturated rings. The molecule has 0 atom stereocenters. The van der Waals surface area contributed by atoms with Gasteiger partial charge >= 0.3 is 0 Å². The molecular formula is C23H23N3O2S. The molecule has 0 saturated heterocycles. The minimum atomic E-state index is -0.428. The summed E-state index contributed by atoms with van der Waals surface area (Å²) in [6.07, 6.45) is 0. The molecule has 0 unspecified atom stereocenters. The highest BCUT2D eigenvalue weighted by atomic mass is 32.2. The number of rotatable bonds is 4. The third-order valence-corrected chi connectivity index (χ3v) is 5.75. The molecule has 29 heavy (non-hydrogen) atoms. The van der Waals surface area contributed by atoms with Crippen molar-refractivity contribution in [3.05, 3.63) is 75.6 Å². The van der Waals surface area contributed by atoms with Crippen LogP contribution in [0.25, 0.3) is 5.69 Å². The zero-order chi connectivity index (χ0) is 21.2. The van der Waals surface area contributed by atoms with Crippen LogP contribution in [0, 0.1) is 18.3 Å². The largest absolute Gasteiger partial charge is 0.497 e. The van der Waals surface area contributed by atoms with Gasteiger partial charge in [-0.05, 0) is 54.3 Å². The fraction of sp³-hybridized carbons (Fsp3) is 0.261. The molecule has 0 saturated carbocycles. The van der Waals surface area contributed by atoms with E-state index in [9.17, 15) is 10.1 Å². The molecular weight excluding hydrogens is 382 g/mol. The van der Waals surface area contributed by atoms with E-state index in [1.54, 1.807) is 38.3 Å². The number of ether oxygens (including phenoxy) is 1. The third-order valence-electron chi connectivity index (χ3n) is 4.66. The second-order valence-electron chi connectivity index (χ2n) is 7.71. The van der Waals surface area contributed by atoms with Crippen LogP contribution in [0.1, 0.15) is 37.5 Å². The Morgan fingerprint density at radius 3 is 2.21 bits per heavy atom. The Bertz CT molecular complexity index is 1120. The lowest BCUT2D eigenvalue weighted by Crippen LogP contribution is -2.25. The van der Waals surface area contributed by atoms with Crippen molar-refractivity contribution < 1.29 is 4.74 Å². The van der Waals surface area contributed by atoms with Crippen LogP contribution < -0.4 is 10.3 Å². The number of hydrogen-bond donors (Lipinski definition) is 0.